The zero-order chi connectivity index (χ0) is 15.4. The van der Waals surface area contributed by atoms with Gasteiger partial charge < -0.3 is 9.88 Å². The lowest BCUT2D eigenvalue weighted by atomic mass is 10.2. The van der Waals surface area contributed by atoms with Crippen LogP contribution in [-0.2, 0) is 6.54 Å². The Morgan fingerprint density at radius 1 is 1.33 bits per heavy atom. The third kappa shape index (κ3) is 3.44. The summed E-state index contributed by atoms with van der Waals surface area (Å²) in [5.74, 6) is 0.268. The molecule has 0 unspecified atom stereocenters. The van der Waals surface area contributed by atoms with Gasteiger partial charge in [-0.25, -0.2) is 4.98 Å². The Bertz CT molecular complexity index is 692. The molecular formula is C14H16N4O3. The normalized spacial score (nSPS) is 10.6. The number of rotatable bonds is 5. The second kappa shape index (κ2) is 6.17. The van der Waals surface area contributed by atoms with Crippen molar-refractivity contribution in [2.75, 3.05) is 5.32 Å². The third-order valence-electron chi connectivity index (χ3n) is 3.03. The Balaban J connectivity index is 2.11. The van der Waals surface area contributed by atoms with Gasteiger partial charge in [-0.2, -0.15) is 0 Å². The first kappa shape index (κ1) is 14.7. The number of aromatic nitrogens is 2. The quantitative estimate of drug-likeness (QED) is 0.673. The number of hydrogen-bond acceptors (Lipinski definition) is 5. The molecule has 0 radical (unpaired) electrons. The van der Waals surface area contributed by atoms with Crippen molar-refractivity contribution in [2.24, 2.45) is 0 Å². The van der Waals surface area contributed by atoms with E-state index in [9.17, 15) is 14.9 Å². The molecule has 110 valence electrons. The number of hydrogen-bond donors (Lipinski definition) is 1. The van der Waals surface area contributed by atoms with Crippen LogP contribution in [0.2, 0.25) is 0 Å². The molecule has 2 aromatic rings. The van der Waals surface area contributed by atoms with Crippen molar-refractivity contribution in [3.63, 3.8) is 0 Å². The summed E-state index contributed by atoms with van der Waals surface area (Å²) in [6.45, 7) is 4.21. The summed E-state index contributed by atoms with van der Waals surface area (Å²) in [6, 6.07) is 6.22. The van der Waals surface area contributed by atoms with E-state index in [1.54, 1.807) is 29.1 Å². The van der Waals surface area contributed by atoms with Crippen molar-refractivity contribution in [3.8, 4) is 0 Å². The van der Waals surface area contributed by atoms with Gasteiger partial charge in [0.05, 0.1) is 4.92 Å². The molecule has 1 heterocycles. The lowest BCUT2D eigenvalue weighted by Gasteiger charge is -2.11. The van der Waals surface area contributed by atoms with E-state index in [2.05, 4.69) is 10.3 Å². The molecule has 1 aromatic heterocycles. The second-order valence-corrected chi connectivity index (χ2v) is 4.86. The molecule has 0 aliphatic carbocycles. The van der Waals surface area contributed by atoms with Crippen molar-refractivity contribution in [3.05, 3.63) is 62.7 Å². The number of nitro benzene ring substituents is 1. The Morgan fingerprint density at radius 3 is 2.57 bits per heavy atom. The highest BCUT2D eigenvalue weighted by molar-refractivity contribution is 5.36. The van der Waals surface area contributed by atoms with Crippen LogP contribution in [0, 0.1) is 10.1 Å². The molecule has 21 heavy (non-hydrogen) atoms. The zero-order valence-corrected chi connectivity index (χ0v) is 11.8. The highest BCUT2D eigenvalue weighted by atomic mass is 16.6. The average molecular weight is 288 g/mol. The Morgan fingerprint density at radius 2 is 2.00 bits per heavy atom. The maximum absolute atomic E-state index is 12.1. The van der Waals surface area contributed by atoms with Crippen LogP contribution in [0.25, 0.3) is 0 Å². The van der Waals surface area contributed by atoms with Crippen molar-refractivity contribution in [1.29, 1.82) is 0 Å². The molecule has 0 atom stereocenters. The fraction of sp³-hybridized carbons (Fsp3) is 0.286. The van der Waals surface area contributed by atoms with Crippen LogP contribution >= 0.6 is 0 Å². The van der Waals surface area contributed by atoms with E-state index in [0.29, 0.717) is 6.54 Å². The van der Waals surface area contributed by atoms with Crippen LogP contribution in [-0.4, -0.2) is 14.5 Å². The number of nitro groups is 1. The van der Waals surface area contributed by atoms with Crippen LogP contribution in [0.1, 0.15) is 25.5 Å². The van der Waals surface area contributed by atoms with Gasteiger partial charge >= 0.3 is 0 Å². The summed E-state index contributed by atoms with van der Waals surface area (Å²) >= 11 is 0. The first-order valence-corrected chi connectivity index (χ1v) is 6.53. The van der Waals surface area contributed by atoms with Gasteiger partial charge in [0.1, 0.15) is 0 Å². The van der Waals surface area contributed by atoms with Crippen LogP contribution in [0.4, 0.5) is 11.5 Å². The lowest BCUT2D eigenvalue weighted by Crippen LogP contribution is -2.25. The minimum Gasteiger partial charge on any atom is -0.361 e. The summed E-state index contributed by atoms with van der Waals surface area (Å²) in [4.78, 5) is 26.3. The van der Waals surface area contributed by atoms with Crippen LogP contribution in [0.15, 0.2) is 41.5 Å². The van der Waals surface area contributed by atoms with E-state index >= 15 is 0 Å². The molecule has 7 heteroatoms. The molecule has 0 amide bonds. The van der Waals surface area contributed by atoms with Gasteiger partial charge in [0.2, 0.25) is 0 Å². The molecule has 1 N–H and O–H groups in total. The molecule has 0 aliphatic rings. The van der Waals surface area contributed by atoms with E-state index in [4.69, 9.17) is 0 Å². The SMILES string of the molecule is CC(C)n1ccnc(NCc2ccc([N+](=O)[O-])cc2)c1=O. The summed E-state index contributed by atoms with van der Waals surface area (Å²) in [5, 5.41) is 13.5. The summed E-state index contributed by atoms with van der Waals surface area (Å²) in [5.41, 5.74) is 0.690. The highest BCUT2D eigenvalue weighted by Gasteiger charge is 2.08. The van der Waals surface area contributed by atoms with Gasteiger partial charge in [-0.1, -0.05) is 12.1 Å². The molecule has 1 aromatic carbocycles. The predicted molar refractivity (Wildman–Crippen MR) is 79.3 cm³/mol. The molecule has 7 nitrogen and oxygen atoms in total. The molecule has 0 spiro atoms. The minimum atomic E-state index is -0.447. The van der Waals surface area contributed by atoms with Gasteiger partial charge in [0.25, 0.3) is 11.2 Å². The fourth-order valence-corrected chi connectivity index (χ4v) is 1.87. The van der Waals surface area contributed by atoms with E-state index < -0.39 is 4.92 Å². The summed E-state index contributed by atoms with van der Waals surface area (Å²) < 4.78 is 1.59. The average Bonchev–Trinajstić information content (AvgIpc) is 2.46. The standard InChI is InChI=1S/C14H16N4O3/c1-10(2)17-8-7-15-13(14(17)19)16-9-11-3-5-12(6-4-11)18(20)21/h3-8,10H,9H2,1-2H3,(H,15,16). The van der Waals surface area contributed by atoms with Crippen LogP contribution < -0.4 is 10.9 Å². The van der Waals surface area contributed by atoms with Gasteiger partial charge in [-0.15, -0.1) is 0 Å². The highest BCUT2D eigenvalue weighted by Crippen LogP contribution is 2.12. The smallest absolute Gasteiger partial charge is 0.293 e. The summed E-state index contributed by atoms with van der Waals surface area (Å²) in [6.07, 6.45) is 3.21. The van der Waals surface area contributed by atoms with Crippen molar-refractivity contribution in [2.45, 2.75) is 26.4 Å². The van der Waals surface area contributed by atoms with Gasteiger partial charge in [-0.3, -0.25) is 14.9 Å². The van der Waals surface area contributed by atoms with Gasteiger partial charge in [0, 0.05) is 37.1 Å². The van der Waals surface area contributed by atoms with E-state index in [0.717, 1.165) is 5.56 Å². The second-order valence-electron chi connectivity index (χ2n) is 4.86. The molecule has 0 saturated heterocycles. The van der Waals surface area contributed by atoms with Crippen molar-refractivity contribution in [1.82, 2.24) is 9.55 Å². The zero-order valence-electron chi connectivity index (χ0n) is 11.8. The molecular weight excluding hydrogens is 272 g/mol. The Labute approximate surface area is 121 Å². The molecule has 0 fully saturated rings. The van der Waals surface area contributed by atoms with Crippen molar-refractivity contribution < 1.29 is 4.92 Å². The van der Waals surface area contributed by atoms with Gasteiger partial charge in [-0.05, 0) is 19.4 Å². The predicted octanol–water partition coefficient (Wildman–Crippen LogP) is 2.34. The molecule has 2 rings (SSSR count). The Hall–Kier alpha value is -2.70. The largest absolute Gasteiger partial charge is 0.361 e. The maximum Gasteiger partial charge on any atom is 0.293 e. The maximum atomic E-state index is 12.1. The first-order valence-electron chi connectivity index (χ1n) is 6.53. The monoisotopic (exact) mass is 288 g/mol. The topological polar surface area (TPSA) is 90.1 Å². The molecule has 0 bridgehead atoms. The number of nitrogens with one attached hydrogen (secondary N) is 1. The minimum absolute atomic E-state index is 0.0405. The molecule has 0 saturated carbocycles. The Kier molecular flexibility index (Phi) is 4.32. The third-order valence-corrected chi connectivity index (χ3v) is 3.03. The number of anilines is 1. The summed E-state index contributed by atoms with van der Waals surface area (Å²) in [7, 11) is 0. The lowest BCUT2D eigenvalue weighted by molar-refractivity contribution is -0.384. The number of non-ortho nitro benzene ring substituents is 1. The molecule has 0 aliphatic heterocycles. The van der Waals surface area contributed by atoms with Crippen molar-refractivity contribution >= 4 is 11.5 Å². The number of benzene rings is 1. The van der Waals surface area contributed by atoms with E-state index in [1.807, 2.05) is 13.8 Å². The van der Waals surface area contributed by atoms with Crippen LogP contribution in [0.5, 0.6) is 0 Å². The van der Waals surface area contributed by atoms with E-state index in [-0.39, 0.29) is 23.1 Å². The van der Waals surface area contributed by atoms with E-state index in [1.165, 1.54) is 12.1 Å². The first-order chi connectivity index (χ1) is 9.99. The number of nitrogens with zero attached hydrogens (tertiary/aromatic N) is 3. The van der Waals surface area contributed by atoms with Crippen LogP contribution in [0.3, 0.4) is 0 Å². The van der Waals surface area contributed by atoms with Gasteiger partial charge in [0.15, 0.2) is 5.82 Å². The fourth-order valence-electron chi connectivity index (χ4n) is 1.87.